The Morgan fingerprint density at radius 3 is 2.65 bits per heavy atom. The minimum atomic E-state index is -1.75. The van der Waals surface area contributed by atoms with E-state index < -0.39 is 40.8 Å². The van der Waals surface area contributed by atoms with Crippen molar-refractivity contribution in [2.24, 2.45) is 5.16 Å². The van der Waals surface area contributed by atoms with Gasteiger partial charge in [-0.05, 0) is 13.8 Å². The molecule has 2 amide bonds. The van der Waals surface area contributed by atoms with Gasteiger partial charge in [-0.25, -0.2) is 14.3 Å². The molecule has 2 aliphatic rings. The highest BCUT2D eigenvalue weighted by Gasteiger charge is 2.53. The lowest BCUT2D eigenvalue weighted by Gasteiger charge is -2.50. The standard InChI is InChI=1S/C22H22N6O7S2/c1-22(2,20(33)34)35-26-13(12-10-37-21(23)24-12)16(29)25-14-17(30)28-15(19(31)32)11(9-36-18(14)28)8-27-6-4-3-5-7-27/h3-7,10,14,18H,8-9H2,1-2H3,(H4-,23,24,25,29,31,32,33,34)/b26-13-/t14-,18+/m0/s1. The van der Waals surface area contributed by atoms with Gasteiger partial charge in [0.05, 0.1) is 11.7 Å². The highest BCUT2D eigenvalue weighted by molar-refractivity contribution is 8.00. The first-order valence-corrected chi connectivity index (χ1v) is 12.8. The van der Waals surface area contributed by atoms with Gasteiger partial charge in [0.15, 0.2) is 29.8 Å². The Morgan fingerprint density at radius 2 is 2.05 bits per heavy atom. The maximum Gasteiger partial charge on any atom is 0.350 e. The van der Waals surface area contributed by atoms with Crippen LogP contribution in [-0.4, -0.2) is 67.2 Å². The van der Waals surface area contributed by atoms with Crippen LogP contribution >= 0.6 is 23.1 Å². The Hall–Kier alpha value is -3.98. The van der Waals surface area contributed by atoms with Crippen LogP contribution in [0.5, 0.6) is 0 Å². The Morgan fingerprint density at radius 1 is 1.35 bits per heavy atom. The molecule has 13 nitrogen and oxygen atoms in total. The van der Waals surface area contributed by atoms with Crippen molar-refractivity contribution in [3.8, 4) is 0 Å². The third kappa shape index (κ3) is 5.27. The summed E-state index contributed by atoms with van der Waals surface area (Å²) >= 11 is 2.32. The van der Waals surface area contributed by atoms with Crippen LogP contribution in [-0.2, 0) is 30.6 Å². The lowest BCUT2D eigenvalue weighted by Crippen LogP contribution is -2.71. The largest absolute Gasteiger partial charge is 0.543 e. The predicted molar refractivity (Wildman–Crippen MR) is 130 cm³/mol. The summed E-state index contributed by atoms with van der Waals surface area (Å²) in [5.41, 5.74) is 3.83. The molecule has 1 fully saturated rings. The van der Waals surface area contributed by atoms with Crippen molar-refractivity contribution in [2.45, 2.75) is 37.4 Å². The average molecular weight is 547 g/mol. The van der Waals surface area contributed by atoms with Crippen LogP contribution in [0, 0.1) is 0 Å². The van der Waals surface area contributed by atoms with Gasteiger partial charge in [0.2, 0.25) is 5.60 Å². The summed E-state index contributed by atoms with van der Waals surface area (Å²) < 4.78 is 1.78. The van der Waals surface area contributed by atoms with Gasteiger partial charge in [-0.2, -0.15) is 0 Å². The van der Waals surface area contributed by atoms with Crippen molar-refractivity contribution in [3.63, 3.8) is 0 Å². The highest BCUT2D eigenvalue weighted by atomic mass is 32.2. The lowest BCUT2D eigenvalue weighted by molar-refractivity contribution is -0.689. The second kappa shape index (κ2) is 10.2. The number of β-lactam (4-membered cyclic amide) rings is 1. The Balaban J connectivity index is 1.55. The van der Waals surface area contributed by atoms with Crippen molar-refractivity contribution in [1.29, 1.82) is 0 Å². The average Bonchev–Trinajstić information content (AvgIpc) is 3.28. The maximum absolute atomic E-state index is 13.1. The molecule has 2 aliphatic heterocycles. The molecule has 194 valence electrons. The quantitative estimate of drug-likeness (QED) is 0.147. The lowest BCUT2D eigenvalue weighted by atomic mass is 10.0. The molecule has 2 atom stereocenters. The number of thioether (sulfide) groups is 1. The number of thiazole rings is 1. The number of amides is 2. The summed E-state index contributed by atoms with van der Waals surface area (Å²) in [6, 6.07) is 4.36. The molecule has 1 saturated heterocycles. The number of carboxylic acids is 2. The number of hydrogen-bond acceptors (Lipinski definition) is 11. The summed E-state index contributed by atoms with van der Waals surface area (Å²) in [5, 5.41) is 28.4. The number of carbonyl (C=O) groups excluding carboxylic acids is 3. The van der Waals surface area contributed by atoms with Crippen LogP contribution in [0.25, 0.3) is 0 Å². The van der Waals surface area contributed by atoms with Crippen LogP contribution in [0.15, 0.2) is 52.4 Å². The number of carbonyl (C=O) groups is 4. The fraction of sp³-hybridized carbons (Fsp3) is 0.318. The normalized spacial score (nSPS) is 19.7. The molecule has 0 bridgehead atoms. The van der Waals surface area contributed by atoms with E-state index in [1.165, 1.54) is 31.0 Å². The third-order valence-corrected chi connectivity index (χ3v) is 7.55. The minimum absolute atomic E-state index is 0.0265. The molecule has 0 aromatic carbocycles. The molecular formula is C22H22N6O7S2. The molecule has 2 aromatic rings. The van der Waals surface area contributed by atoms with E-state index in [0.29, 0.717) is 11.3 Å². The molecule has 0 aliphatic carbocycles. The molecule has 15 heteroatoms. The molecule has 4 rings (SSSR count). The van der Waals surface area contributed by atoms with E-state index in [4.69, 9.17) is 10.6 Å². The number of hydrogen-bond donors (Lipinski definition) is 3. The van der Waals surface area contributed by atoms with Gasteiger partial charge in [-0.3, -0.25) is 14.5 Å². The number of nitrogen functional groups attached to an aromatic ring is 1. The SMILES string of the molecule is CC(C)(O/N=C(\C(=O)N[C@H]1C(=O)N2C(C(=O)[O-])=C(C[n+]3ccccc3)CS[C@H]12)c1csc(N)n1)C(=O)O. The molecule has 0 saturated carbocycles. The highest BCUT2D eigenvalue weighted by Crippen LogP contribution is 2.40. The number of oxime groups is 1. The van der Waals surface area contributed by atoms with Crippen LogP contribution in [0.2, 0.25) is 0 Å². The number of pyridine rings is 1. The summed E-state index contributed by atoms with van der Waals surface area (Å²) in [4.78, 5) is 59.6. The summed E-state index contributed by atoms with van der Waals surface area (Å²) in [7, 11) is 0. The number of rotatable bonds is 9. The van der Waals surface area contributed by atoms with Crippen molar-refractivity contribution in [1.82, 2.24) is 15.2 Å². The third-order valence-electron chi connectivity index (χ3n) is 5.54. The summed E-state index contributed by atoms with van der Waals surface area (Å²) in [6.07, 6.45) is 3.55. The molecule has 2 aromatic heterocycles. The van der Waals surface area contributed by atoms with Gasteiger partial charge in [-0.15, -0.1) is 23.1 Å². The number of fused-ring (bicyclic) bond motifs is 1. The van der Waals surface area contributed by atoms with E-state index in [9.17, 15) is 29.4 Å². The van der Waals surface area contributed by atoms with Gasteiger partial charge in [0, 0.05) is 28.8 Å². The number of aliphatic carboxylic acids is 2. The van der Waals surface area contributed by atoms with Gasteiger partial charge in [0.25, 0.3) is 11.8 Å². The first kappa shape index (κ1) is 26.1. The second-order valence-corrected chi connectivity index (χ2v) is 10.6. The van der Waals surface area contributed by atoms with Gasteiger partial charge < -0.3 is 30.9 Å². The van der Waals surface area contributed by atoms with E-state index >= 15 is 0 Å². The molecule has 4 heterocycles. The van der Waals surface area contributed by atoms with Crippen LogP contribution in [0.4, 0.5) is 5.13 Å². The second-order valence-electron chi connectivity index (χ2n) is 8.57. The first-order chi connectivity index (χ1) is 17.5. The molecule has 4 N–H and O–H groups in total. The van der Waals surface area contributed by atoms with Crippen molar-refractivity contribution in [3.05, 3.63) is 52.9 Å². The number of nitrogens with one attached hydrogen (secondary N) is 1. The Kier molecular flexibility index (Phi) is 7.18. The first-order valence-electron chi connectivity index (χ1n) is 10.8. The number of anilines is 1. The number of aromatic nitrogens is 2. The summed E-state index contributed by atoms with van der Waals surface area (Å²) in [6.45, 7) is 2.74. The molecule has 0 spiro atoms. The Labute approximate surface area is 218 Å². The number of nitrogens with two attached hydrogens (primary N) is 1. The molecular weight excluding hydrogens is 524 g/mol. The molecule has 0 unspecified atom stereocenters. The van der Waals surface area contributed by atoms with Gasteiger partial charge in [-0.1, -0.05) is 11.2 Å². The Bertz CT molecular complexity index is 1320. The zero-order valence-corrected chi connectivity index (χ0v) is 21.2. The van der Waals surface area contributed by atoms with E-state index in [0.717, 1.165) is 16.2 Å². The zero-order chi connectivity index (χ0) is 26.9. The number of nitrogens with zero attached hydrogens (tertiary/aromatic N) is 4. The van der Waals surface area contributed by atoms with E-state index in [2.05, 4.69) is 15.5 Å². The zero-order valence-electron chi connectivity index (χ0n) is 19.6. The van der Waals surface area contributed by atoms with Gasteiger partial charge >= 0.3 is 5.97 Å². The molecule has 0 radical (unpaired) electrons. The van der Waals surface area contributed by atoms with Crippen molar-refractivity contribution >= 4 is 57.7 Å². The number of carboxylic acid groups (broad SMARTS) is 2. The smallest absolute Gasteiger partial charge is 0.350 e. The fourth-order valence-electron chi connectivity index (χ4n) is 3.56. The van der Waals surface area contributed by atoms with Crippen LogP contribution in [0.1, 0.15) is 19.5 Å². The monoisotopic (exact) mass is 546 g/mol. The van der Waals surface area contributed by atoms with Crippen LogP contribution < -0.4 is 20.7 Å². The van der Waals surface area contributed by atoms with Crippen LogP contribution in [0.3, 0.4) is 0 Å². The van der Waals surface area contributed by atoms with E-state index in [-0.39, 0.29) is 28.8 Å². The van der Waals surface area contributed by atoms with Gasteiger partial charge in [0.1, 0.15) is 17.1 Å². The van der Waals surface area contributed by atoms with Crippen molar-refractivity contribution in [2.75, 3.05) is 11.5 Å². The topological polar surface area (TPSA) is 191 Å². The molecule has 37 heavy (non-hydrogen) atoms. The van der Waals surface area contributed by atoms with Crippen molar-refractivity contribution < 1.29 is 38.8 Å². The predicted octanol–water partition coefficient (Wildman–Crippen LogP) is -1.30. The van der Waals surface area contributed by atoms with E-state index in [1.807, 2.05) is 6.07 Å². The summed E-state index contributed by atoms with van der Waals surface area (Å²) in [5.74, 6) is -4.01. The minimum Gasteiger partial charge on any atom is -0.543 e. The van der Waals surface area contributed by atoms with E-state index in [1.54, 1.807) is 29.1 Å². The maximum atomic E-state index is 13.1. The fourth-order valence-corrected chi connectivity index (χ4v) is 5.45.